The zero-order chi connectivity index (χ0) is 16.3. The lowest BCUT2D eigenvalue weighted by Gasteiger charge is -2.35. The molecule has 0 aromatic rings. The zero-order valence-electron chi connectivity index (χ0n) is 14.0. The molecule has 1 aliphatic rings. The molecule has 1 aliphatic heterocycles. The number of rotatable bonds is 6. The van der Waals surface area contributed by atoms with Gasteiger partial charge in [0.05, 0.1) is 6.26 Å². The molecule has 0 aromatic heterocycles. The van der Waals surface area contributed by atoms with Crippen LogP contribution in [0.4, 0.5) is 0 Å². The van der Waals surface area contributed by atoms with Gasteiger partial charge in [0.15, 0.2) is 0 Å². The van der Waals surface area contributed by atoms with E-state index in [9.17, 15) is 13.2 Å². The van der Waals surface area contributed by atoms with Gasteiger partial charge < -0.3 is 11.1 Å². The summed E-state index contributed by atoms with van der Waals surface area (Å²) in [5.41, 5.74) is 5.42. The lowest BCUT2D eigenvalue weighted by molar-refractivity contribution is -0.128. The number of nitrogens with one attached hydrogen (secondary N) is 1. The Labute approximate surface area is 140 Å². The van der Waals surface area contributed by atoms with Crippen molar-refractivity contribution >= 4 is 28.3 Å². The Hall–Kier alpha value is -0.370. The number of hydrogen-bond donors (Lipinski definition) is 2. The molecule has 0 radical (unpaired) electrons. The maximum atomic E-state index is 12.4. The fourth-order valence-corrected chi connectivity index (χ4v) is 3.81. The van der Waals surface area contributed by atoms with E-state index < -0.39 is 10.0 Å². The highest BCUT2D eigenvalue weighted by atomic mass is 35.5. The lowest BCUT2D eigenvalue weighted by Crippen LogP contribution is -2.54. The molecule has 0 aromatic carbocycles. The van der Waals surface area contributed by atoms with Crippen LogP contribution in [0, 0.1) is 11.8 Å². The Bertz CT molecular complexity index is 462. The van der Waals surface area contributed by atoms with Gasteiger partial charge in [-0.3, -0.25) is 4.79 Å². The Morgan fingerprint density at radius 1 is 1.36 bits per heavy atom. The molecule has 1 fully saturated rings. The van der Waals surface area contributed by atoms with E-state index in [2.05, 4.69) is 19.2 Å². The number of sulfonamides is 1. The highest BCUT2D eigenvalue weighted by Crippen LogP contribution is 2.22. The van der Waals surface area contributed by atoms with Crippen LogP contribution < -0.4 is 11.1 Å². The van der Waals surface area contributed by atoms with Gasteiger partial charge >= 0.3 is 0 Å². The fraction of sp³-hybridized carbons (Fsp3) is 0.929. The number of piperidine rings is 1. The van der Waals surface area contributed by atoms with Crippen LogP contribution in [-0.4, -0.2) is 50.1 Å². The van der Waals surface area contributed by atoms with Gasteiger partial charge in [-0.2, -0.15) is 0 Å². The second-order valence-corrected chi connectivity index (χ2v) is 8.77. The summed E-state index contributed by atoms with van der Waals surface area (Å²) in [4.78, 5) is 12.4. The molecule has 0 saturated carbocycles. The van der Waals surface area contributed by atoms with E-state index in [4.69, 9.17) is 5.73 Å². The van der Waals surface area contributed by atoms with Gasteiger partial charge in [0.25, 0.3) is 0 Å². The zero-order valence-corrected chi connectivity index (χ0v) is 15.6. The van der Waals surface area contributed by atoms with Crippen LogP contribution >= 0.6 is 12.4 Å². The highest BCUT2D eigenvalue weighted by molar-refractivity contribution is 7.88. The number of amides is 1. The van der Waals surface area contributed by atoms with Crippen LogP contribution in [0.5, 0.6) is 0 Å². The van der Waals surface area contributed by atoms with Gasteiger partial charge in [0, 0.05) is 31.1 Å². The van der Waals surface area contributed by atoms with Crippen LogP contribution in [0.3, 0.4) is 0 Å². The van der Waals surface area contributed by atoms with E-state index in [1.54, 1.807) is 0 Å². The Morgan fingerprint density at radius 3 is 2.23 bits per heavy atom. The summed E-state index contributed by atoms with van der Waals surface area (Å²) in [5.74, 6) is 0.323. The van der Waals surface area contributed by atoms with E-state index in [0.717, 1.165) is 6.42 Å². The van der Waals surface area contributed by atoms with E-state index in [-0.39, 0.29) is 29.8 Å². The normalized spacial score (nSPS) is 20.3. The molecule has 1 heterocycles. The van der Waals surface area contributed by atoms with Crippen molar-refractivity contribution in [3.63, 3.8) is 0 Å². The van der Waals surface area contributed by atoms with Crippen LogP contribution in [0.2, 0.25) is 0 Å². The van der Waals surface area contributed by atoms with Crippen molar-refractivity contribution < 1.29 is 13.2 Å². The van der Waals surface area contributed by atoms with Gasteiger partial charge in [0.2, 0.25) is 15.9 Å². The average Bonchev–Trinajstić information content (AvgIpc) is 2.36. The molecular weight excluding hydrogens is 326 g/mol. The quantitative estimate of drug-likeness (QED) is 0.742. The van der Waals surface area contributed by atoms with E-state index in [0.29, 0.717) is 38.4 Å². The van der Waals surface area contributed by atoms with Crippen molar-refractivity contribution in [2.45, 2.75) is 45.6 Å². The molecule has 1 amide bonds. The fourth-order valence-electron chi connectivity index (χ4n) is 2.94. The number of hydrogen-bond acceptors (Lipinski definition) is 4. The van der Waals surface area contributed by atoms with Crippen LogP contribution in [0.1, 0.15) is 40.0 Å². The Morgan fingerprint density at radius 2 is 1.86 bits per heavy atom. The SMILES string of the molecule is CC(C)CC(C)(CN)NC(=O)C1CCN(S(C)(=O)=O)CC1.Cl. The molecule has 6 nitrogen and oxygen atoms in total. The smallest absolute Gasteiger partial charge is 0.223 e. The average molecular weight is 356 g/mol. The van der Waals surface area contributed by atoms with Crippen molar-refractivity contribution in [1.29, 1.82) is 0 Å². The first-order valence-corrected chi connectivity index (χ1v) is 9.39. The summed E-state index contributed by atoms with van der Waals surface area (Å²) < 4.78 is 24.4. The minimum Gasteiger partial charge on any atom is -0.349 e. The molecule has 22 heavy (non-hydrogen) atoms. The number of carbonyl (C=O) groups is 1. The number of nitrogens with two attached hydrogens (primary N) is 1. The standard InChI is InChI=1S/C14H29N3O3S.ClH/c1-11(2)9-14(3,10-15)16-13(18)12-5-7-17(8-6-12)21(4,19)20;/h11-12H,5-10,15H2,1-4H3,(H,16,18);1H. The molecule has 1 unspecified atom stereocenters. The predicted octanol–water partition coefficient (Wildman–Crippen LogP) is 0.960. The van der Waals surface area contributed by atoms with E-state index >= 15 is 0 Å². The molecule has 8 heteroatoms. The highest BCUT2D eigenvalue weighted by Gasteiger charge is 2.33. The predicted molar refractivity (Wildman–Crippen MR) is 91.4 cm³/mol. The third kappa shape index (κ3) is 6.40. The molecule has 132 valence electrons. The van der Waals surface area contributed by atoms with Crippen LogP contribution in [-0.2, 0) is 14.8 Å². The second kappa shape index (κ2) is 8.47. The van der Waals surface area contributed by atoms with E-state index in [1.807, 2.05) is 6.92 Å². The van der Waals surface area contributed by atoms with Crippen LogP contribution in [0.15, 0.2) is 0 Å². The number of carbonyl (C=O) groups excluding carboxylic acids is 1. The number of halogens is 1. The summed E-state index contributed by atoms with van der Waals surface area (Å²) in [7, 11) is -3.15. The van der Waals surface area contributed by atoms with Crippen molar-refractivity contribution in [3.05, 3.63) is 0 Å². The topological polar surface area (TPSA) is 92.5 Å². The number of nitrogens with zero attached hydrogens (tertiary/aromatic N) is 1. The molecule has 3 N–H and O–H groups in total. The van der Waals surface area contributed by atoms with Gasteiger partial charge in [-0.1, -0.05) is 13.8 Å². The third-order valence-corrected chi connectivity index (χ3v) is 5.33. The molecule has 1 atom stereocenters. The molecular formula is C14H30ClN3O3S. The first kappa shape index (κ1) is 21.6. The maximum Gasteiger partial charge on any atom is 0.223 e. The molecule has 0 spiro atoms. The van der Waals surface area contributed by atoms with Crippen molar-refractivity contribution in [2.75, 3.05) is 25.9 Å². The minimum atomic E-state index is -3.15. The maximum absolute atomic E-state index is 12.4. The van der Waals surface area contributed by atoms with Crippen molar-refractivity contribution in [3.8, 4) is 0 Å². The molecule has 1 rings (SSSR count). The monoisotopic (exact) mass is 355 g/mol. The van der Waals surface area contributed by atoms with Gasteiger partial charge in [-0.15, -0.1) is 12.4 Å². The van der Waals surface area contributed by atoms with Crippen LogP contribution in [0.25, 0.3) is 0 Å². The largest absolute Gasteiger partial charge is 0.349 e. The van der Waals surface area contributed by atoms with Crippen molar-refractivity contribution in [1.82, 2.24) is 9.62 Å². The summed E-state index contributed by atoms with van der Waals surface area (Å²) >= 11 is 0. The summed E-state index contributed by atoms with van der Waals surface area (Å²) in [6.45, 7) is 7.41. The first-order valence-electron chi connectivity index (χ1n) is 7.54. The van der Waals surface area contributed by atoms with Gasteiger partial charge in [-0.05, 0) is 32.1 Å². The third-order valence-electron chi connectivity index (χ3n) is 4.03. The molecule has 1 saturated heterocycles. The first-order chi connectivity index (χ1) is 9.57. The summed E-state index contributed by atoms with van der Waals surface area (Å²) in [5, 5.41) is 3.07. The van der Waals surface area contributed by atoms with Crippen molar-refractivity contribution in [2.24, 2.45) is 17.6 Å². The lowest BCUT2D eigenvalue weighted by atomic mass is 9.89. The Balaban J connectivity index is 0.00000441. The van der Waals surface area contributed by atoms with Gasteiger partial charge in [-0.25, -0.2) is 12.7 Å². The van der Waals surface area contributed by atoms with Gasteiger partial charge in [0.1, 0.15) is 0 Å². The summed E-state index contributed by atoms with van der Waals surface area (Å²) in [6, 6.07) is 0. The minimum absolute atomic E-state index is 0. The Kier molecular flexibility index (Phi) is 8.33. The summed E-state index contributed by atoms with van der Waals surface area (Å²) in [6.07, 6.45) is 3.18. The molecule has 0 aliphatic carbocycles. The van der Waals surface area contributed by atoms with E-state index in [1.165, 1.54) is 10.6 Å². The molecule has 0 bridgehead atoms. The second-order valence-electron chi connectivity index (χ2n) is 6.79.